The highest BCUT2D eigenvalue weighted by molar-refractivity contribution is 8.14. The van der Waals surface area contributed by atoms with Crippen LogP contribution in [0.25, 0.3) is 0 Å². The van der Waals surface area contributed by atoms with Gasteiger partial charge >= 0.3 is 5.24 Å². The van der Waals surface area contributed by atoms with Gasteiger partial charge in [-0.25, -0.2) is 5.01 Å². The molecular weight excluding hydrogens is 452 g/mol. The number of benzene rings is 2. The number of rotatable bonds is 9. The summed E-state index contributed by atoms with van der Waals surface area (Å²) in [5, 5.41) is 8.96. The molecule has 1 fully saturated rings. The van der Waals surface area contributed by atoms with Gasteiger partial charge in [-0.1, -0.05) is 23.9 Å². The summed E-state index contributed by atoms with van der Waals surface area (Å²) in [6.07, 6.45) is 2.32. The highest BCUT2D eigenvalue weighted by Crippen LogP contribution is 2.30. The van der Waals surface area contributed by atoms with Gasteiger partial charge in [-0.3, -0.25) is 14.5 Å². The zero-order chi connectivity index (χ0) is 23.9. The average Bonchev–Trinajstić information content (AvgIpc) is 3.35. The van der Waals surface area contributed by atoms with Crippen molar-refractivity contribution in [1.29, 1.82) is 0 Å². The zero-order valence-corrected chi connectivity index (χ0v) is 20.4. The molecule has 0 spiro atoms. The molecule has 0 unspecified atom stereocenters. The van der Waals surface area contributed by atoms with E-state index >= 15 is 0 Å². The number of carbonyl (C=O) groups is 2. The predicted octanol–water partition coefficient (Wildman–Crippen LogP) is 4.20. The molecule has 2 aliphatic heterocycles. The number of methoxy groups -OCH3 is 1. The summed E-state index contributed by atoms with van der Waals surface area (Å²) in [4.78, 5) is 26.9. The fourth-order valence-corrected chi connectivity index (χ4v) is 4.74. The van der Waals surface area contributed by atoms with Crippen LogP contribution in [0.5, 0.6) is 11.5 Å². The lowest BCUT2D eigenvalue weighted by Crippen LogP contribution is -2.31. The minimum Gasteiger partial charge on any atom is -0.493 e. The molecule has 0 radical (unpaired) electrons. The maximum absolute atomic E-state index is 12.5. The SMILES string of the molecule is CCOc1cc(C2=NN(Cc3ccc(NC(=O)CN4CCCC4)cc3)C(=O)SC2)ccc1OC. The molecule has 0 bridgehead atoms. The van der Waals surface area contributed by atoms with E-state index in [1.807, 2.05) is 49.4 Å². The molecule has 0 aromatic heterocycles. The lowest BCUT2D eigenvalue weighted by atomic mass is 10.1. The van der Waals surface area contributed by atoms with Gasteiger partial charge in [-0.05, 0) is 68.8 Å². The molecule has 4 rings (SSSR count). The van der Waals surface area contributed by atoms with E-state index in [9.17, 15) is 9.59 Å². The molecule has 2 heterocycles. The van der Waals surface area contributed by atoms with Crippen molar-refractivity contribution in [1.82, 2.24) is 9.91 Å². The molecule has 8 nitrogen and oxygen atoms in total. The Labute approximate surface area is 204 Å². The summed E-state index contributed by atoms with van der Waals surface area (Å²) in [5.41, 5.74) is 3.38. The minimum atomic E-state index is -0.0923. The maximum atomic E-state index is 12.5. The molecule has 2 amide bonds. The second-order valence-corrected chi connectivity index (χ2v) is 9.11. The van der Waals surface area contributed by atoms with Gasteiger partial charge in [0, 0.05) is 17.0 Å². The van der Waals surface area contributed by atoms with Crippen LogP contribution >= 0.6 is 11.8 Å². The van der Waals surface area contributed by atoms with Gasteiger partial charge in [0.05, 0.1) is 32.5 Å². The van der Waals surface area contributed by atoms with Crippen LogP contribution in [0.3, 0.4) is 0 Å². The summed E-state index contributed by atoms with van der Waals surface area (Å²) >= 11 is 1.23. The molecule has 180 valence electrons. The highest BCUT2D eigenvalue weighted by Gasteiger charge is 2.23. The van der Waals surface area contributed by atoms with Crippen LogP contribution in [0.2, 0.25) is 0 Å². The Balaban J connectivity index is 1.41. The fraction of sp³-hybridized carbons (Fsp3) is 0.400. The summed E-state index contributed by atoms with van der Waals surface area (Å²) in [5.74, 6) is 1.81. The summed E-state index contributed by atoms with van der Waals surface area (Å²) in [6.45, 7) is 5.20. The smallest absolute Gasteiger partial charge is 0.302 e. The molecule has 2 aromatic rings. The third-order valence-corrected chi connectivity index (χ3v) is 6.59. The summed E-state index contributed by atoms with van der Waals surface area (Å²) in [7, 11) is 1.61. The first-order valence-corrected chi connectivity index (χ1v) is 12.5. The molecule has 34 heavy (non-hydrogen) atoms. The van der Waals surface area contributed by atoms with Gasteiger partial charge in [0.15, 0.2) is 11.5 Å². The van der Waals surface area contributed by atoms with Gasteiger partial charge in [-0.15, -0.1) is 0 Å². The van der Waals surface area contributed by atoms with E-state index in [-0.39, 0.29) is 11.1 Å². The van der Waals surface area contributed by atoms with Crippen LogP contribution < -0.4 is 14.8 Å². The van der Waals surface area contributed by atoms with Crippen molar-refractivity contribution in [2.75, 3.05) is 44.4 Å². The number of amides is 2. The second kappa shape index (κ2) is 11.4. The Morgan fingerprint density at radius 1 is 1.12 bits per heavy atom. The molecule has 9 heteroatoms. The number of nitrogens with one attached hydrogen (secondary N) is 1. The van der Waals surface area contributed by atoms with E-state index in [0.29, 0.717) is 36.9 Å². The van der Waals surface area contributed by atoms with Crippen molar-refractivity contribution in [3.63, 3.8) is 0 Å². The van der Waals surface area contributed by atoms with Crippen LogP contribution in [0.15, 0.2) is 47.6 Å². The lowest BCUT2D eigenvalue weighted by Gasteiger charge is -2.23. The normalized spacial score (nSPS) is 16.4. The number of likely N-dealkylation sites (tertiary alicyclic amines) is 1. The summed E-state index contributed by atoms with van der Waals surface area (Å²) < 4.78 is 11.0. The molecule has 1 N–H and O–H groups in total. The van der Waals surface area contributed by atoms with E-state index in [1.54, 1.807) is 7.11 Å². The maximum Gasteiger partial charge on any atom is 0.302 e. The number of hydrazone groups is 1. The van der Waals surface area contributed by atoms with Crippen molar-refractivity contribution < 1.29 is 19.1 Å². The quantitative estimate of drug-likeness (QED) is 0.577. The topological polar surface area (TPSA) is 83.5 Å². The molecule has 0 atom stereocenters. The van der Waals surface area contributed by atoms with Crippen LogP contribution in [0.4, 0.5) is 10.5 Å². The first kappa shape index (κ1) is 24.1. The highest BCUT2D eigenvalue weighted by atomic mass is 32.2. The third-order valence-electron chi connectivity index (χ3n) is 5.72. The van der Waals surface area contributed by atoms with Crippen LogP contribution in [-0.2, 0) is 11.3 Å². The van der Waals surface area contributed by atoms with E-state index < -0.39 is 0 Å². The Morgan fingerprint density at radius 2 is 1.88 bits per heavy atom. The molecule has 1 saturated heterocycles. The molecule has 0 aliphatic carbocycles. The number of thioether (sulfide) groups is 1. The monoisotopic (exact) mass is 482 g/mol. The predicted molar refractivity (Wildman–Crippen MR) is 135 cm³/mol. The Morgan fingerprint density at radius 3 is 2.59 bits per heavy atom. The van der Waals surface area contributed by atoms with Crippen LogP contribution in [0.1, 0.15) is 30.9 Å². The average molecular weight is 483 g/mol. The van der Waals surface area contributed by atoms with Gasteiger partial charge in [-0.2, -0.15) is 5.10 Å². The van der Waals surface area contributed by atoms with Gasteiger partial charge < -0.3 is 14.8 Å². The molecule has 0 saturated carbocycles. The van der Waals surface area contributed by atoms with E-state index in [1.165, 1.54) is 16.8 Å². The minimum absolute atomic E-state index is 0.00239. The number of ether oxygens (including phenoxy) is 2. The molecular formula is C25H30N4O4S. The standard InChI is InChI=1S/C25H30N4O4S/c1-3-33-23-14-19(8-11-22(23)32-2)21-17-34-25(31)29(27-21)15-18-6-9-20(10-7-18)26-24(30)16-28-12-4-5-13-28/h6-11,14H,3-5,12-13,15-17H2,1-2H3,(H,26,30). The van der Waals surface area contributed by atoms with Gasteiger partial charge in [0.1, 0.15) is 0 Å². The fourth-order valence-electron chi connectivity index (χ4n) is 4.00. The van der Waals surface area contributed by atoms with Crippen LogP contribution in [-0.4, -0.2) is 65.9 Å². The Bertz CT molecular complexity index is 1050. The first-order chi connectivity index (χ1) is 16.6. The van der Waals surface area contributed by atoms with Gasteiger partial charge in [0.25, 0.3) is 0 Å². The third kappa shape index (κ3) is 6.09. The first-order valence-electron chi connectivity index (χ1n) is 11.5. The van der Waals surface area contributed by atoms with E-state index in [4.69, 9.17) is 9.47 Å². The number of hydrogen-bond acceptors (Lipinski definition) is 7. The molecule has 2 aliphatic rings. The summed E-state index contributed by atoms with van der Waals surface area (Å²) in [6, 6.07) is 13.2. The Hall–Kier alpha value is -3.04. The lowest BCUT2D eigenvalue weighted by molar-refractivity contribution is -0.117. The number of hydrogen-bond donors (Lipinski definition) is 1. The van der Waals surface area contributed by atoms with Crippen molar-refractivity contribution in [3.05, 3.63) is 53.6 Å². The molecule has 2 aromatic carbocycles. The number of carbonyl (C=O) groups excluding carboxylic acids is 2. The second-order valence-electron chi connectivity index (χ2n) is 8.19. The van der Waals surface area contributed by atoms with E-state index in [0.717, 1.165) is 48.5 Å². The number of anilines is 1. The van der Waals surface area contributed by atoms with Crippen molar-refractivity contribution in [3.8, 4) is 11.5 Å². The number of nitrogens with zero attached hydrogens (tertiary/aromatic N) is 3. The zero-order valence-electron chi connectivity index (χ0n) is 19.6. The largest absolute Gasteiger partial charge is 0.493 e. The van der Waals surface area contributed by atoms with Crippen LogP contribution in [0, 0.1) is 0 Å². The Kier molecular flexibility index (Phi) is 8.08. The van der Waals surface area contributed by atoms with Crippen molar-refractivity contribution in [2.24, 2.45) is 5.10 Å². The van der Waals surface area contributed by atoms with Gasteiger partial charge in [0.2, 0.25) is 5.91 Å². The van der Waals surface area contributed by atoms with Crippen molar-refractivity contribution in [2.45, 2.75) is 26.3 Å². The van der Waals surface area contributed by atoms with Crippen molar-refractivity contribution >= 4 is 34.3 Å². The van der Waals surface area contributed by atoms with E-state index in [2.05, 4.69) is 15.3 Å².